The zero-order valence-corrected chi connectivity index (χ0v) is 17.6. The Labute approximate surface area is 179 Å². The first-order valence-corrected chi connectivity index (χ1v) is 10.4. The van der Waals surface area contributed by atoms with Gasteiger partial charge >= 0.3 is 5.97 Å². The SMILES string of the molecule is CCOC(=O)c1ccc2c(c1)N(Cc1cccc(OC)c1)C(=O)c1ccccc1S2. The van der Waals surface area contributed by atoms with Crippen LogP contribution in [0.3, 0.4) is 0 Å². The van der Waals surface area contributed by atoms with E-state index in [0.717, 1.165) is 21.1 Å². The number of nitrogens with zero attached hydrogens (tertiary/aromatic N) is 1. The third-order valence-corrected chi connectivity index (χ3v) is 5.96. The Morgan fingerprint density at radius 3 is 2.63 bits per heavy atom. The lowest BCUT2D eigenvalue weighted by molar-refractivity contribution is 0.0526. The molecule has 1 heterocycles. The molecular weight excluding hydrogens is 398 g/mol. The van der Waals surface area contributed by atoms with Crippen molar-refractivity contribution >= 4 is 29.3 Å². The van der Waals surface area contributed by atoms with Gasteiger partial charge in [0.25, 0.3) is 5.91 Å². The van der Waals surface area contributed by atoms with Crippen LogP contribution < -0.4 is 9.64 Å². The summed E-state index contributed by atoms with van der Waals surface area (Å²) in [6.07, 6.45) is 0. The van der Waals surface area contributed by atoms with Crippen LogP contribution in [0.15, 0.2) is 76.5 Å². The van der Waals surface area contributed by atoms with Crippen molar-refractivity contribution in [3.63, 3.8) is 0 Å². The number of carbonyl (C=O) groups excluding carboxylic acids is 2. The van der Waals surface area contributed by atoms with Gasteiger partial charge in [-0.05, 0) is 55.0 Å². The molecule has 0 unspecified atom stereocenters. The lowest BCUT2D eigenvalue weighted by atomic mass is 10.1. The molecule has 1 aliphatic heterocycles. The quantitative estimate of drug-likeness (QED) is 0.533. The summed E-state index contributed by atoms with van der Waals surface area (Å²) in [6.45, 7) is 2.42. The van der Waals surface area contributed by atoms with Gasteiger partial charge in [0.05, 0.1) is 37.1 Å². The number of hydrogen-bond donors (Lipinski definition) is 0. The molecule has 0 saturated heterocycles. The summed E-state index contributed by atoms with van der Waals surface area (Å²) in [4.78, 5) is 29.4. The molecule has 3 aromatic carbocycles. The highest BCUT2D eigenvalue weighted by Gasteiger charge is 2.28. The van der Waals surface area contributed by atoms with Gasteiger partial charge in [0.2, 0.25) is 0 Å². The van der Waals surface area contributed by atoms with E-state index in [9.17, 15) is 9.59 Å². The van der Waals surface area contributed by atoms with E-state index in [4.69, 9.17) is 9.47 Å². The van der Waals surface area contributed by atoms with Crippen molar-refractivity contribution in [1.29, 1.82) is 0 Å². The Morgan fingerprint density at radius 2 is 1.83 bits per heavy atom. The van der Waals surface area contributed by atoms with Crippen molar-refractivity contribution in [2.45, 2.75) is 23.3 Å². The van der Waals surface area contributed by atoms with Gasteiger partial charge in [-0.1, -0.05) is 36.0 Å². The Bertz CT molecular complexity index is 1110. The van der Waals surface area contributed by atoms with Crippen LogP contribution in [0.1, 0.15) is 33.2 Å². The predicted octanol–water partition coefficient (Wildman–Crippen LogP) is 5.18. The zero-order chi connectivity index (χ0) is 21.1. The Kier molecular flexibility index (Phi) is 5.77. The summed E-state index contributed by atoms with van der Waals surface area (Å²) in [5.74, 6) is 0.214. The third-order valence-electron chi connectivity index (χ3n) is 4.82. The fourth-order valence-electron chi connectivity index (χ4n) is 3.37. The third kappa shape index (κ3) is 3.91. The molecule has 4 rings (SSSR count). The normalized spacial score (nSPS) is 12.6. The molecule has 30 heavy (non-hydrogen) atoms. The summed E-state index contributed by atoms with van der Waals surface area (Å²) in [7, 11) is 1.62. The molecule has 0 radical (unpaired) electrons. The Balaban J connectivity index is 1.82. The second kappa shape index (κ2) is 8.63. The molecule has 0 saturated carbocycles. The molecule has 0 aromatic heterocycles. The predicted molar refractivity (Wildman–Crippen MR) is 116 cm³/mol. The number of fused-ring (bicyclic) bond motifs is 2. The second-order valence-corrected chi connectivity index (χ2v) is 7.83. The van der Waals surface area contributed by atoms with Gasteiger partial charge in [-0.25, -0.2) is 4.79 Å². The summed E-state index contributed by atoms with van der Waals surface area (Å²) in [5, 5.41) is 0. The van der Waals surface area contributed by atoms with Crippen molar-refractivity contribution in [2.75, 3.05) is 18.6 Å². The van der Waals surface area contributed by atoms with Gasteiger partial charge in [-0.2, -0.15) is 0 Å². The number of hydrogen-bond acceptors (Lipinski definition) is 5. The molecule has 1 amide bonds. The standard InChI is InChI=1S/C24H21NO4S/c1-3-29-24(27)17-11-12-22-20(14-17)25(15-16-7-6-8-18(13-16)28-2)23(26)19-9-4-5-10-21(19)30-22/h4-14H,3,15H2,1-2H3. The molecule has 6 heteroatoms. The zero-order valence-electron chi connectivity index (χ0n) is 16.8. The maximum absolute atomic E-state index is 13.5. The number of amides is 1. The number of rotatable bonds is 5. The van der Waals surface area contributed by atoms with E-state index in [2.05, 4.69) is 0 Å². The van der Waals surface area contributed by atoms with Gasteiger partial charge in [0.1, 0.15) is 5.75 Å². The van der Waals surface area contributed by atoms with Gasteiger partial charge < -0.3 is 14.4 Å². The molecule has 0 aliphatic carbocycles. The first-order valence-electron chi connectivity index (χ1n) is 9.63. The molecular formula is C24H21NO4S. The molecule has 0 atom stereocenters. The van der Waals surface area contributed by atoms with Crippen LogP contribution in [0.5, 0.6) is 5.75 Å². The number of ether oxygens (including phenoxy) is 2. The topological polar surface area (TPSA) is 55.8 Å². The van der Waals surface area contributed by atoms with Crippen LogP contribution in [0.25, 0.3) is 0 Å². The minimum Gasteiger partial charge on any atom is -0.497 e. The summed E-state index contributed by atoms with van der Waals surface area (Å²) in [5.41, 5.74) is 2.68. The molecule has 1 aliphatic rings. The van der Waals surface area contributed by atoms with Crippen LogP contribution in [-0.2, 0) is 11.3 Å². The van der Waals surface area contributed by atoms with Crippen molar-refractivity contribution in [3.05, 3.63) is 83.4 Å². The second-order valence-electron chi connectivity index (χ2n) is 6.74. The average Bonchev–Trinajstić information content (AvgIpc) is 2.88. The van der Waals surface area contributed by atoms with Crippen LogP contribution in [-0.4, -0.2) is 25.6 Å². The minimum atomic E-state index is -0.402. The van der Waals surface area contributed by atoms with E-state index in [1.807, 2.05) is 54.6 Å². The van der Waals surface area contributed by atoms with E-state index in [0.29, 0.717) is 30.0 Å². The van der Waals surface area contributed by atoms with Crippen molar-refractivity contribution in [3.8, 4) is 5.75 Å². The highest BCUT2D eigenvalue weighted by molar-refractivity contribution is 7.99. The van der Waals surface area contributed by atoms with Gasteiger partial charge in [0.15, 0.2) is 0 Å². The maximum atomic E-state index is 13.5. The number of esters is 1. The summed E-state index contributed by atoms with van der Waals surface area (Å²) < 4.78 is 10.5. The maximum Gasteiger partial charge on any atom is 0.338 e. The van der Waals surface area contributed by atoms with Crippen molar-refractivity contribution < 1.29 is 19.1 Å². The molecule has 152 valence electrons. The smallest absolute Gasteiger partial charge is 0.338 e. The van der Waals surface area contributed by atoms with E-state index >= 15 is 0 Å². The van der Waals surface area contributed by atoms with Gasteiger partial charge in [-0.15, -0.1) is 0 Å². The highest BCUT2D eigenvalue weighted by Crippen LogP contribution is 2.42. The van der Waals surface area contributed by atoms with E-state index in [-0.39, 0.29) is 5.91 Å². The number of anilines is 1. The first-order chi connectivity index (χ1) is 14.6. The first kappa shape index (κ1) is 20.0. The average molecular weight is 420 g/mol. The number of carbonyl (C=O) groups is 2. The number of benzene rings is 3. The summed E-state index contributed by atoms with van der Waals surface area (Å²) >= 11 is 1.52. The van der Waals surface area contributed by atoms with Crippen LogP contribution in [0.4, 0.5) is 5.69 Å². The number of methoxy groups -OCH3 is 1. The molecule has 0 bridgehead atoms. The highest BCUT2D eigenvalue weighted by atomic mass is 32.2. The molecule has 0 N–H and O–H groups in total. The summed E-state index contributed by atoms with van der Waals surface area (Å²) in [6, 6.07) is 20.5. The monoisotopic (exact) mass is 419 g/mol. The largest absolute Gasteiger partial charge is 0.497 e. The minimum absolute atomic E-state index is 0.110. The fourth-order valence-corrected chi connectivity index (χ4v) is 4.43. The lowest BCUT2D eigenvalue weighted by Crippen LogP contribution is -2.30. The lowest BCUT2D eigenvalue weighted by Gasteiger charge is -2.24. The fraction of sp³-hybridized carbons (Fsp3) is 0.167. The van der Waals surface area contributed by atoms with Crippen LogP contribution in [0, 0.1) is 0 Å². The van der Waals surface area contributed by atoms with Crippen LogP contribution in [0.2, 0.25) is 0 Å². The molecule has 0 fully saturated rings. The van der Waals surface area contributed by atoms with E-state index < -0.39 is 5.97 Å². The van der Waals surface area contributed by atoms with E-state index in [1.165, 1.54) is 11.8 Å². The van der Waals surface area contributed by atoms with E-state index in [1.54, 1.807) is 31.1 Å². The van der Waals surface area contributed by atoms with Crippen molar-refractivity contribution in [2.24, 2.45) is 0 Å². The molecule has 0 spiro atoms. The molecule has 3 aromatic rings. The van der Waals surface area contributed by atoms with Crippen molar-refractivity contribution in [1.82, 2.24) is 0 Å². The van der Waals surface area contributed by atoms with Gasteiger partial charge in [-0.3, -0.25) is 4.79 Å². The van der Waals surface area contributed by atoms with Crippen LogP contribution >= 0.6 is 11.8 Å². The van der Waals surface area contributed by atoms with Gasteiger partial charge in [0, 0.05) is 9.79 Å². The Morgan fingerprint density at radius 1 is 1.00 bits per heavy atom. The Hall–Kier alpha value is -3.25. The molecule has 5 nitrogen and oxygen atoms in total.